The van der Waals surface area contributed by atoms with Crippen molar-refractivity contribution in [2.45, 2.75) is 19.4 Å². The Morgan fingerprint density at radius 3 is 2.58 bits per heavy atom. The zero-order chi connectivity index (χ0) is 18.5. The highest BCUT2D eigenvalue weighted by Crippen LogP contribution is 2.23. The summed E-state index contributed by atoms with van der Waals surface area (Å²) in [6.07, 6.45) is 1.51. The molecule has 0 aliphatic carbocycles. The van der Waals surface area contributed by atoms with Crippen molar-refractivity contribution in [3.63, 3.8) is 0 Å². The zero-order valence-electron chi connectivity index (χ0n) is 14.7. The molecule has 1 aliphatic rings. The van der Waals surface area contributed by atoms with Gasteiger partial charge in [-0.3, -0.25) is 14.5 Å². The molecule has 0 unspecified atom stereocenters. The van der Waals surface area contributed by atoms with Crippen LogP contribution in [0.15, 0.2) is 48.5 Å². The smallest absolute Gasteiger partial charge is 0.238 e. The number of carbonyl (C=O) groups is 2. The minimum atomic E-state index is -0.0930. The van der Waals surface area contributed by atoms with E-state index in [9.17, 15) is 9.59 Å². The molecule has 1 N–H and O–H groups in total. The van der Waals surface area contributed by atoms with Crippen LogP contribution < -0.4 is 10.2 Å². The average molecular weight is 372 g/mol. The van der Waals surface area contributed by atoms with E-state index in [0.29, 0.717) is 18.0 Å². The summed E-state index contributed by atoms with van der Waals surface area (Å²) in [6.45, 7) is 1.62. The third kappa shape index (κ3) is 4.62. The van der Waals surface area contributed by atoms with E-state index in [0.717, 1.165) is 29.9 Å². The summed E-state index contributed by atoms with van der Waals surface area (Å²) < 4.78 is 0. The number of anilines is 2. The van der Waals surface area contributed by atoms with Crippen LogP contribution in [0, 0.1) is 0 Å². The summed E-state index contributed by atoms with van der Waals surface area (Å²) in [5.74, 6) is 0.0625. The van der Waals surface area contributed by atoms with Crippen molar-refractivity contribution in [3.8, 4) is 0 Å². The van der Waals surface area contributed by atoms with E-state index >= 15 is 0 Å². The lowest BCUT2D eigenvalue weighted by Crippen LogP contribution is -2.30. The second-order valence-corrected chi connectivity index (χ2v) is 6.91. The van der Waals surface area contributed by atoms with Crippen LogP contribution in [0.5, 0.6) is 0 Å². The van der Waals surface area contributed by atoms with Crippen LogP contribution in [0.25, 0.3) is 0 Å². The van der Waals surface area contributed by atoms with Crippen LogP contribution in [0.3, 0.4) is 0 Å². The molecular formula is C20H22ClN3O2. The summed E-state index contributed by atoms with van der Waals surface area (Å²) in [6, 6.07) is 15.0. The highest BCUT2D eigenvalue weighted by molar-refractivity contribution is 6.31. The SMILES string of the molecule is CN(CC(=O)Nc1ccc(N2CCCC2=O)cc1)Cc1ccccc1Cl. The Morgan fingerprint density at radius 1 is 1.19 bits per heavy atom. The van der Waals surface area contributed by atoms with Crippen LogP contribution in [-0.4, -0.2) is 36.9 Å². The molecule has 0 saturated carbocycles. The Kier molecular flexibility index (Phi) is 5.91. The van der Waals surface area contributed by atoms with E-state index in [1.165, 1.54) is 0 Å². The van der Waals surface area contributed by atoms with Crippen molar-refractivity contribution in [1.82, 2.24) is 4.90 Å². The van der Waals surface area contributed by atoms with Gasteiger partial charge in [0.05, 0.1) is 6.54 Å². The van der Waals surface area contributed by atoms with Crippen molar-refractivity contribution < 1.29 is 9.59 Å². The van der Waals surface area contributed by atoms with Gasteiger partial charge in [0, 0.05) is 35.9 Å². The van der Waals surface area contributed by atoms with Crippen molar-refractivity contribution >= 4 is 34.8 Å². The van der Waals surface area contributed by atoms with Gasteiger partial charge in [-0.25, -0.2) is 0 Å². The van der Waals surface area contributed by atoms with Gasteiger partial charge >= 0.3 is 0 Å². The highest BCUT2D eigenvalue weighted by Gasteiger charge is 2.21. The number of rotatable bonds is 6. The summed E-state index contributed by atoms with van der Waals surface area (Å²) in [4.78, 5) is 27.7. The summed E-state index contributed by atoms with van der Waals surface area (Å²) in [5.41, 5.74) is 2.59. The first-order valence-corrected chi connectivity index (χ1v) is 9.03. The zero-order valence-corrected chi connectivity index (χ0v) is 15.5. The normalized spacial score (nSPS) is 14.1. The monoisotopic (exact) mass is 371 g/mol. The second kappa shape index (κ2) is 8.34. The number of amides is 2. The quantitative estimate of drug-likeness (QED) is 0.845. The minimum absolute atomic E-state index is 0.0930. The molecule has 2 aromatic carbocycles. The lowest BCUT2D eigenvalue weighted by molar-refractivity contribution is -0.117. The number of carbonyl (C=O) groups excluding carboxylic acids is 2. The van der Waals surface area contributed by atoms with Gasteiger partial charge < -0.3 is 10.2 Å². The van der Waals surface area contributed by atoms with Crippen molar-refractivity contribution in [2.24, 2.45) is 0 Å². The largest absolute Gasteiger partial charge is 0.325 e. The molecular weight excluding hydrogens is 350 g/mol. The number of hydrogen-bond acceptors (Lipinski definition) is 3. The molecule has 6 heteroatoms. The lowest BCUT2D eigenvalue weighted by atomic mass is 10.2. The van der Waals surface area contributed by atoms with Gasteiger partial charge in [-0.2, -0.15) is 0 Å². The Hall–Kier alpha value is -2.37. The van der Waals surface area contributed by atoms with E-state index in [1.807, 2.05) is 60.5 Å². The number of nitrogens with zero attached hydrogens (tertiary/aromatic N) is 2. The van der Waals surface area contributed by atoms with Crippen LogP contribution in [0.2, 0.25) is 5.02 Å². The molecule has 0 radical (unpaired) electrons. The Labute approximate surface area is 158 Å². The summed E-state index contributed by atoms with van der Waals surface area (Å²) in [5, 5.41) is 3.59. The molecule has 2 aromatic rings. The van der Waals surface area contributed by atoms with E-state index in [1.54, 1.807) is 4.90 Å². The Balaban J connectivity index is 1.53. The molecule has 0 bridgehead atoms. The molecule has 136 valence electrons. The van der Waals surface area contributed by atoms with Gasteiger partial charge in [0.15, 0.2) is 0 Å². The Bertz CT molecular complexity index is 792. The maximum Gasteiger partial charge on any atom is 0.238 e. The van der Waals surface area contributed by atoms with Crippen molar-refractivity contribution in [1.29, 1.82) is 0 Å². The summed E-state index contributed by atoms with van der Waals surface area (Å²) >= 11 is 6.16. The summed E-state index contributed by atoms with van der Waals surface area (Å²) in [7, 11) is 1.88. The molecule has 5 nitrogen and oxygen atoms in total. The average Bonchev–Trinajstić information content (AvgIpc) is 3.03. The molecule has 0 atom stereocenters. The maximum absolute atomic E-state index is 12.2. The van der Waals surface area contributed by atoms with Gasteiger partial charge in [0.2, 0.25) is 11.8 Å². The van der Waals surface area contributed by atoms with E-state index in [2.05, 4.69) is 5.32 Å². The first-order chi connectivity index (χ1) is 12.5. The first kappa shape index (κ1) is 18.4. The first-order valence-electron chi connectivity index (χ1n) is 8.65. The molecule has 2 amide bonds. The standard InChI is InChI=1S/C20H22ClN3O2/c1-23(13-15-5-2-3-6-18(15)21)14-19(25)22-16-8-10-17(11-9-16)24-12-4-7-20(24)26/h2-3,5-6,8-11H,4,7,12-14H2,1H3,(H,22,25). The van der Waals surface area contributed by atoms with Crippen molar-refractivity contribution in [2.75, 3.05) is 30.4 Å². The molecule has 1 fully saturated rings. The second-order valence-electron chi connectivity index (χ2n) is 6.51. The van der Waals surface area contributed by atoms with Gasteiger partial charge in [-0.05, 0) is 49.4 Å². The topological polar surface area (TPSA) is 52.7 Å². The lowest BCUT2D eigenvalue weighted by Gasteiger charge is -2.18. The molecule has 26 heavy (non-hydrogen) atoms. The van der Waals surface area contributed by atoms with Crippen LogP contribution in [0.4, 0.5) is 11.4 Å². The van der Waals surface area contributed by atoms with E-state index in [-0.39, 0.29) is 18.4 Å². The molecule has 1 aliphatic heterocycles. The number of halogens is 1. The number of likely N-dealkylation sites (N-methyl/N-ethyl adjacent to an activating group) is 1. The minimum Gasteiger partial charge on any atom is -0.325 e. The fourth-order valence-corrected chi connectivity index (χ4v) is 3.26. The molecule has 1 heterocycles. The molecule has 3 rings (SSSR count). The highest BCUT2D eigenvalue weighted by atomic mass is 35.5. The third-order valence-electron chi connectivity index (χ3n) is 4.35. The fraction of sp³-hybridized carbons (Fsp3) is 0.300. The maximum atomic E-state index is 12.2. The van der Waals surface area contributed by atoms with E-state index < -0.39 is 0 Å². The Morgan fingerprint density at radius 2 is 1.92 bits per heavy atom. The number of hydrogen-bond donors (Lipinski definition) is 1. The predicted molar refractivity (Wildman–Crippen MR) is 104 cm³/mol. The van der Waals surface area contributed by atoms with Gasteiger partial charge in [-0.1, -0.05) is 29.8 Å². The van der Waals surface area contributed by atoms with Crippen LogP contribution >= 0.6 is 11.6 Å². The van der Waals surface area contributed by atoms with Gasteiger partial charge in [0.1, 0.15) is 0 Å². The predicted octanol–water partition coefficient (Wildman–Crippen LogP) is 3.54. The van der Waals surface area contributed by atoms with Gasteiger partial charge in [0.25, 0.3) is 0 Å². The number of nitrogens with one attached hydrogen (secondary N) is 1. The van der Waals surface area contributed by atoms with Crippen LogP contribution in [0.1, 0.15) is 18.4 Å². The molecule has 1 saturated heterocycles. The third-order valence-corrected chi connectivity index (χ3v) is 4.72. The molecule has 0 aromatic heterocycles. The van der Waals surface area contributed by atoms with E-state index in [4.69, 9.17) is 11.6 Å². The fourth-order valence-electron chi connectivity index (χ4n) is 3.06. The molecule has 0 spiro atoms. The van der Waals surface area contributed by atoms with Crippen molar-refractivity contribution in [3.05, 3.63) is 59.1 Å². The van der Waals surface area contributed by atoms with Gasteiger partial charge in [-0.15, -0.1) is 0 Å². The van der Waals surface area contributed by atoms with Crippen LogP contribution in [-0.2, 0) is 16.1 Å². The number of benzene rings is 2.